The Labute approximate surface area is 211 Å². The van der Waals surface area contributed by atoms with Gasteiger partial charge < -0.3 is 0 Å². The average molecular weight is 531 g/mol. The van der Waals surface area contributed by atoms with Crippen LogP contribution < -0.4 is 0 Å². The second-order valence-corrected chi connectivity index (χ2v) is 12.8. The summed E-state index contributed by atoms with van der Waals surface area (Å²) >= 11 is 0. The lowest BCUT2D eigenvalue weighted by Gasteiger charge is -2.41. The molecule has 4 aromatic carbocycles. The highest BCUT2D eigenvalue weighted by Gasteiger charge is 2.40. The fourth-order valence-corrected chi connectivity index (χ4v) is 9.92. The Morgan fingerprint density at radius 2 is 1.08 bits per heavy atom. The van der Waals surface area contributed by atoms with E-state index in [2.05, 4.69) is 0 Å². The van der Waals surface area contributed by atoms with Crippen molar-refractivity contribution in [1.82, 2.24) is 0 Å². The first-order valence-corrected chi connectivity index (χ1v) is 14.1. The highest BCUT2D eigenvalue weighted by molar-refractivity contribution is 8.33. The van der Waals surface area contributed by atoms with Crippen LogP contribution in [0.1, 0.15) is 22.3 Å². The normalized spacial score (nSPS) is 12.9. The highest BCUT2D eigenvalue weighted by atomic mass is 32.3. The summed E-state index contributed by atoms with van der Waals surface area (Å²) in [7, 11) is -7.36. The molecule has 0 atom stereocenters. The Kier molecular flexibility index (Phi) is 7.05. The average Bonchev–Trinajstić information content (AvgIpc) is 2.83. The maximum absolute atomic E-state index is 13.7. The van der Waals surface area contributed by atoms with E-state index in [4.69, 9.17) is 3.63 Å². The van der Waals surface area contributed by atoms with Crippen molar-refractivity contribution in [2.75, 3.05) is 0 Å². The summed E-state index contributed by atoms with van der Waals surface area (Å²) in [6, 6.07) is 25.5. The number of hydrogen-bond donors (Lipinski definition) is 0. The van der Waals surface area contributed by atoms with Crippen molar-refractivity contribution < 1.29 is 25.2 Å². The second kappa shape index (κ2) is 9.76. The fourth-order valence-electron chi connectivity index (χ4n) is 4.31. The van der Waals surface area contributed by atoms with Gasteiger partial charge in [-0.2, -0.15) is 21.6 Å². The van der Waals surface area contributed by atoms with Crippen LogP contribution in [0, 0.1) is 20.8 Å². The van der Waals surface area contributed by atoms with E-state index >= 15 is 0 Å². The van der Waals surface area contributed by atoms with Crippen molar-refractivity contribution >= 4 is 20.4 Å². The summed E-state index contributed by atoms with van der Waals surface area (Å²) in [5.41, 5.74) is 1.81. The number of aryl methyl sites for hydroxylation is 3. The van der Waals surface area contributed by atoms with E-state index in [1.165, 1.54) is 0 Å². The summed E-state index contributed by atoms with van der Waals surface area (Å²) in [5.74, 6) is 0. The minimum Gasteiger partial charge on any atom is -0.203 e. The van der Waals surface area contributed by atoms with E-state index < -0.39 is 32.2 Å². The molecule has 0 radical (unpaired) electrons. The molecule has 0 heterocycles. The fraction of sp³-hybridized carbons (Fsp3) is 0.143. The van der Waals surface area contributed by atoms with Crippen molar-refractivity contribution in [2.45, 2.75) is 46.5 Å². The van der Waals surface area contributed by atoms with Crippen LogP contribution in [-0.2, 0) is 19.9 Å². The van der Waals surface area contributed by atoms with E-state index in [9.17, 15) is 21.6 Å². The molecule has 3 nitrogen and oxygen atoms in total. The molecule has 0 aliphatic heterocycles. The Morgan fingerprint density at radius 1 is 0.639 bits per heavy atom. The lowest BCUT2D eigenvalue weighted by atomic mass is 10.1. The third kappa shape index (κ3) is 4.93. The van der Waals surface area contributed by atoms with Gasteiger partial charge in [-0.1, -0.05) is 54.1 Å². The molecule has 0 aliphatic carbocycles. The molecule has 0 unspecified atom stereocenters. The maximum Gasteiger partial charge on any atom is 0.416 e. The highest BCUT2D eigenvalue weighted by Crippen LogP contribution is 2.71. The molecule has 4 rings (SSSR count). The van der Waals surface area contributed by atoms with Gasteiger partial charge in [-0.25, -0.2) is 3.63 Å². The molecular weight excluding hydrogens is 505 g/mol. The Balaban J connectivity index is 2.02. The largest absolute Gasteiger partial charge is 0.416 e. The molecule has 188 valence electrons. The second-order valence-electron chi connectivity index (χ2n) is 8.45. The summed E-state index contributed by atoms with van der Waals surface area (Å²) in [5, 5.41) is 0. The van der Waals surface area contributed by atoms with E-state index in [1.54, 1.807) is 0 Å². The van der Waals surface area contributed by atoms with Crippen LogP contribution in [0.5, 0.6) is 0 Å². The van der Waals surface area contributed by atoms with Crippen molar-refractivity contribution in [3.8, 4) is 0 Å². The van der Waals surface area contributed by atoms with Gasteiger partial charge in [0.05, 0.1) is 10.5 Å². The molecule has 0 fully saturated rings. The first-order valence-electron chi connectivity index (χ1n) is 11.1. The smallest absolute Gasteiger partial charge is 0.203 e. The van der Waals surface area contributed by atoms with Crippen molar-refractivity contribution in [3.63, 3.8) is 0 Å². The van der Waals surface area contributed by atoms with Gasteiger partial charge in [-0.15, -0.1) is 0 Å². The van der Waals surface area contributed by atoms with Crippen LogP contribution in [0.15, 0.2) is 117 Å². The standard InChI is InChI=1S/C28H25F3O3S2/c1-20-18-21(2)27(22(3)19-20)35(24-10-6-4-7-11-24,25-12-8-5-9-13-25)34-36(32,33)26-16-14-23(15-17-26)28(29,30)31/h4-19H,1-3H3. The molecule has 8 heteroatoms. The zero-order valence-electron chi connectivity index (χ0n) is 19.9. The van der Waals surface area contributed by atoms with Crippen molar-refractivity contribution in [2.24, 2.45) is 0 Å². The molecule has 0 N–H and O–H groups in total. The monoisotopic (exact) mass is 530 g/mol. The minimum atomic E-state index is -4.58. The van der Waals surface area contributed by atoms with Crippen molar-refractivity contribution in [3.05, 3.63) is 119 Å². The van der Waals surface area contributed by atoms with Crippen LogP contribution in [0.2, 0.25) is 0 Å². The predicted molar refractivity (Wildman–Crippen MR) is 136 cm³/mol. The molecule has 0 amide bonds. The maximum atomic E-state index is 13.7. The van der Waals surface area contributed by atoms with Gasteiger partial charge in [0, 0.05) is 14.7 Å². The summed E-state index contributed by atoms with van der Waals surface area (Å²) in [6.45, 7) is 5.79. The molecule has 0 saturated heterocycles. The van der Waals surface area contributed by atoms with Crippen LogP contribution in [-0.4, -0.2) is 8.42 Å². The summed E-state index contributed by atoms with van der Waals surface area (Å²) < 4.78 is 73.0. The summed E-state index contributed by atoms with van der Waals surface area (Å²) in [4.78, 5) is 1.70. The minimum absolute atomic E-state index is 0.346. The zero-order chi connectivity index (χ0) is 26.1. The molecule has 0 aliphatic rings. The van der Waals surface area contributed by atoms with E-state index in [-0.39, 0.29) is 4.90 Å². The third-order valence-electron chi connectivity index (χ3n) is 5.70. The van der Waals surface area contributed by atoms with Crippen LogP contribution in [0.4, 0.5) is 13.2 Å². The van der Waals surface area contributed by atoms with Gasteiger partial charge in [0.2, 0.25) is 0 Å². The molecule has 36 heavy (non-hydrogen) atoms. The molecule has 0 saturated carbocycles. The first kappa shape index (κ1) is 26.0. The number of rotatable bonds is 6. The molecule has 0 spiro atoms. The van der Waals surface area contributed by atoms with Gasteiger partial charge in [-0.3, -0.25) is 0 Å². The Bertz CT molecular complexity index is 1400. The Hall–Kier alpha value is -3.07. The first-order chi connectivity index (χ1) is 16.9. The molecule has 0 bridgehead atoms. The zero-order valence-corrected chi connectivity index (χ0v) is 21.5. The van der Waals surface area contributed by atoms with Crippen molar-refractivity contribution in [1.29, 1.82) is 0 Å². The van der Waals surface area contributed by atoms with Gasteiger partial charge in [0.1, 0.15) is 0 Å². The van der Waals surface area contributed by atoms with Gasteiger partial charge in [0.15, 0.2) is 0 Å². The van der Waals surface area contributed by atoms with Gasteiger partial charge >= 0.3 is 16.3 Å². The SMILES string of the molecule is Cc1cc(C)c(S(OS(=O)(=O)c2ccc(C(F)(F)F)cc2)(c2ccccc2)c2ccccc2)c(C)c1. The summed E-state index contributed by atoms with van der Waals surface area (Å²) in [6.07, 6.45) is -4.58. The molecule has 0 aromatic heterocycles. The number of hydrogen-bond acceptors (Lipinski definition) is 3. The quantitative estimate of drug-likeness (QED) is 0.252. The predicted octanol–water partition coefficient (Wildman–Crippen LogP) is 8.23. The van der Waals surface area contributed by atoms with Crippen LogP contribution >= 0.6 is 10.3 Å². The van der Waals surface area contributed by atoms with Crippen LogP contribution in [0.25, 0.3) is 0 Å². The lowest BCUT2D eigenvalue weighted by Crippen LogP contribution is -2.16. The number of halogens is 3. The van der Waals surface area contributed by atoms with Crippen LogP contribution in [0.3, 0.4) is 0 Å². The number of alkyl halides is 3. The molecular formula is C28H25F3O3S2. The Morgan fingerprint density at radius 3 is 1.50 bits per heavy atom. The topological polar surface area (TPSA) is 43.4 Å². The lowest BCUT2D eigenvalue weighted by molar-refractivity contribution is -0.137. The van der Waals surface area contributed by atoms with Gasteiger partial charge in [0.25, 0.3) is 0 Å². The van der Waals surface area contributed by atoms with E-state index in [1.807, 2.05) is 93.6 Å². The molecule has 4 aromatic rings. The van der Waals surface area contributed by atoms with Gasteiger partial charge in [-0.05, 0) is 90.7 Å². The third-order valence-corrected chi connectivity index (χ3v) is 11.2. The number of benzene rings is 4. The van der Waals surface area contributed by atoms with E-state index in [0.29, 0.717) is 9.79 Å². The van der Waals surface area contributed by atoms with E-state index in [0.717, 1.165) is 45.9 Å².